The van der Waals surface area contributed by atoms with Crippen LogP contribution in [0.25, 0.3) is 0 Å². The fraction of sp³-hybridized carbons (Fsp3) is 0.188. The van der Waals surface area contributed by atoms with Gasteiger partial charge in [0.25, 0.3) is 0 Å². The third-order valence-corrected chi connectivity index (χ3v) is 4.15. The fourth-order valence-corrected chi connectivity index (χ4v) is 3.12. The Bertz CT molecular complexity index is 613. The van der Waals surface area contributed by atoms with Gasteiger partial charge in [-0.1, -0.05) is 54.2 Å². The zero-order valence-corrected chi connectivity index (χ0v) is 12.1. The van der Waals surface area contributed by atoms with Gasteiger partial charge < -0.3 is 10.1 Å². The van der Waals surface area contributed by atoms with Crippen molar-refractivity contribution in [2.24, 2.45) is 4.99 Å². The van der Waals surface area contributed by atoms with Crippen molar-refractivity contribution in [3.05, 3.63) is 60.2 Å². The summed E-state index contributed by atoms with van der Waals surface area (Å²) < 4.78 is 5.34. The van der Waals surface area contributed by atoms with Gasteiger partial charge in [-0.05, 0) is 17.7 Å². The minimum atomic E-state index is 0.235. The van der Waals surface area contributed by atoms with Crippen molar-refractivity contribution in [2.45, 2.75) is 6.04 Å². The van der Waals surface area contributed by atoms with Crippen LogP contribution in [0, 0.1) is 0 Å². The molecule has 3 rings (SSSR count). The van der Waals surface area contributed by atoms with E-state index in [2.05, 4.69) is 29.6 Å². The normalized spacial score (nSPS) is 17.6. The number of nitrogens with zero attached hydrogens (tertiary/aromatic N) is 1. The molecular weight excluding hydrogens is 268 g/mol. The lowest BCUT2D eigenvalue weighted by molar-refractivity contribution is 0.417. The molecule has 1 atom stereocenters. The molecule has 0 aromatic heterocycles. The number of nitrogens with one attached hydrogen (secondary N) is 1. The highest BCUT2D eigenvalue weighted by molar-refractivity contribution is 8.14. The SMILES string of the molecule is COc1ccccc1NC1=NC(c2ccccc2)CS1. The first-order valence-electron chi connectivity index (χ1n) is 6.52. The lowest BCUT2D eigenvalue weighted by atomic mass is 10.1. The summed E-state index contributed by atoms with van der Waals surface area (Å²) in [5.41, 5.74) is 2.21. The first kappa shape index (κ1) is 13.1. The topological polar surface area (TPSA) is 33.6 Å². The first-order chi connectivity index (χ1) is 9.86. The molecule has 20 heavy (non-hydrogen) atoms. The molecule has 1 aliphatic heterocycles. The molecule has 0 radical (unpaired) electrons. The van der Waals surface area contributed by atoms with E-state index in [9.17, 15) is 0 Å². The monoisotopic (exact) mass is 284 g/mol. The summed E-state index contributed by atoms with van der Waals surface area (Å²) in [5, 5.41) is 4.30. The molecule has 1 aliphatic rings. The predicted octanol–water partition coefficient (Wildman–Crippen LogP) is 3.95. The molecule has 0 fully saturated rings. The molecule has 102 valence electrons. The van der Waals surface area contributed by atoms with Crippen LogP contribution in [0.1, 0.15) is 11.6 Å². The van der Waals surface area contributed by atoms with Crippen LogP contribution < -0.4 is 10.1 Å². The number of thioether (sulfide) groups is 1. The smallest absolute Gasteiger partial charge is 0.161 e. The highest BCUT2D eigenvalue weighted by Crippen LogP contribution is 2.32. The Morgan fingerprint density at radius 1 is 1.10 bits per heavy atom. The van der Waals surface area contributed by atoms with Crippen LogP contribution in [0.15, 0.2) is 59.6 Å². The van der Waals surface area contributed by atoms with Gasteiger partial charge >= 0.3 is 0 Å². The van der Waals surface area contributed by atoms with Gasteiger partial charge in [-0.25, -0.2) is 0 Å². The second kappa shape index (κ2) is 6.01. The molecule has 0 aliphatic carbocycles. The van der Waals surface area contributed by atoms with Crippen molar-refractivity contribution >= 4 is 22.6 Å². The summed E-state index contributed by atoms with van der Waals surface area (Å²) in [6.07, 6.45) is 0. The van der Waals surface area contributed by atoms with Gasteiger partial charge in [-0.3, -0.25) is 4.99 Å². The summed E-state index contributed by atoms with van der Waals surface area (Å²) in [7, 11) is 1.68. The Labute approximate surface area is 123 Å². The van der Waals surface area contributed by atoms with Gasteiger partial charge in [0.05, 0.1) is 18.8 Å². The molecule has 2 aromatic carbocycles. The number of aliphatic imine (C=N–C) groups is 1. The number of methoxy groups -OCH3 is 1. The maximum absolute atomic E-state index is 5.34. The molecule has 3 nitrogen and oxygen atoms in total. The fourth-order valence-electron chi connectivity index (χ4n) is 2.15. The second-order valence-corrected chi connectivity index (χ2v) is 5.51. The average Bonchev–Trinajstić information content (AvgIpc) is 2.97. The Morgan fingerprint density at radius 3 is 2.65 bits per heavy atom. The molecule has 0 saturated carbocycles. The number of amidine groups is 1. The Balaban J connectivity index is 1.76. The van der Waals surface area contributed by atoms with Crippen molar-refractivity contribution in [1.29, 1.82) is 0 Å². The zero-order valence-electron chi connectivity index (χ0n) is 11.2. The van der Waals surface area contributed by atoms with Gasteiger partial charge in [-0.2, -0.15) is 0 Å². The zero-order chi connectivity index (χ0) is 13.8. The predicted molar refractivity (Wildman–Crippen MR) is 85.7 cm³/mol. The standard InChI is InChI=1S/C16H16N2OS/c1-19-15-10-6-5-9-13(15)17-16-18-14(11-20-16)12-7-3-2-4-8-12/h2-10,14H,11H2,1H3,(H,17,18). The number of benzene rings is 2. The highest BCUT2D eigenvalue weighted by Gasteiger charge is 2.20. The minimum Gasteiger partial charge on any atom is -0.495 e. The van der Waals surface area contributed by atoms with Gasteiger partial charge in [-0.15, -0.1) is 0 Å². The molecule has 1 N–H and O–H groups in total. The Kier molecular flexibility index (Phi) is 3.92. The molecule has 0 bridgehead atoms. The van der Waals surface area contributed by atoms with Gasteiger partial charge in [0.15, 0.2) is 5.17 Å². The van der Waals surface area contributed by atoms with Crippen LogP contribution in [0.3, 0.4) is 0 Å². The average molecular weight is 284 g/mol. The number of anilines is 1. The number of hydrogen-bond acceptors (Lipinski definition) is 4. The number of para-hydroxylation sites is 2. The van der Waals surface area contributed by atoms with E-state index in [1.54, 1.807) is 18.9 Å². The first-order valence-corrected chi connectivity index (χ1v) is 7.51. The lowest BCUT2D eigenvalue weighted by Crippen LogP contribution is -2.06. The van der Waals surface area contributed by atoms with Crippen molar-refractivity contribution in [3.63, 3.8) is 0 Å². The molecule has 4 heteroatoms. The summed E-state index contributed by atoms with van der Waals surface area (Å²) in [6, 6.07) is 18.5. The second-order valence-electron chi connectivity index (χ2n) is 4.50. The van der Waals surface area contributed by atoms with Crippen LogP contribution in [-0.2, 0) is 0 Å². The minimum absolute atomic E-state index is 0.235. The molecule has 0 saturated heterocycles. The number of rotatable bonds is 3. The maximum Gasteiger partial charge on any atom is 0.161 e. The summed E-state index contributed by atoms with van der Waals surface area (Å²) in [6.45, 7) is 0. The summed E-state index contributed by atoms with van der Waals surface area (Å²) in [4.78, 5) is 4.74. The molecule has 1 unspecified atom stereocenters. The van der Waals surface area contributed by atoms with Crippen molar-refractivity contribution in [1.82, 2.24) is 0 Å². The van der Waals surface area contributed by atoms with Crippen LogP contribution in [-0.4, -0.2) is 18.0 Å². The summed E-state index contributed by atoms with van der Waals surface area (Å²) in [5.74, 6) is 1.81. The van der Waals surface area contributed by atoms with E-state index in [1.807, 2.05) is 30.3 Å². The lowest BCUT2D eigenvalue weighted by Gasteiger charge is -2.09. The molecule has 0 spiro atoms. The van der Waals surface area contributed by atoms with Crippen LogP contribution in [0.2, 0.25) is 0 Å². The van der Waals surface area contributed by atoms with E-state index >= 15 is 0 Å². The largest absolute Gasteiger partial charge is 0.495 e. The Hall–Kier alpha value is -1.94. The van der Waals surface area contributed by atoms with E-state index in [-0.39, 0.29) is 6.04 Å². The van der Waals surface area contributed by atoms with E-state index < -0.39 is 0 Å². The quantitative estimate of drug-likeness (QED) is 0.926. The van der Waals surface area contributed by atoms with Gasteiger partial charge in [0.1, 0.15) is 5.75 Å². The van der Waals surface area contributed by atoms with Crippen molar-refractivity contribution in [3.8, 4) is 5.75 Å². The van der Waals surface area contributed by atoms with Gasteiger partial charge in [0.2, 0.25) is 0 Å². The maximum atomic E-state index is 5.34. The van der Waals surface area contributed by atoms with Crippen LogP contribution in [0.5, 0.6) is 5.75 Å². The third kappa shape index (κ3) is 2.80. The summed E-state index contributed by atoms with van der Waals surface area (Å²) >= 11 is 1.74. The Morgan fingerprint density at radius 2 is 1.85 bits per heavy atom. The van der Waals surface area contributed by atoms with Gasteiger partial charge in [0, 0.05) is 5.75 Å². The van der Waals surface area contributed by atoms with E-state index in [0.717, 1.165) is 22.4 Å². The van der Waals surface area contributed by atoms with E-state index in [4.69, 9.17) is 9.73 Å². The number of hydrogen-bond donors (Lipinski definition) is 1. The molecule has 2 aromatic rings. The van der Waals surface area contributed by atoms with Crippen LogP contribution >= 0.6 is 11.8 Å². The van der Waals surface area contributed by atoms with E-state index in [0.29, 0.717) is 0 Å². The third-order valence-electron chi connectivity index (χ3n) is 3.18. The van der Waals surface area contributed by atoms with Crippen molar-refractivity contribution < 1.29 is 4.74 Å². The molecule has 0 amide bonds. The van der Waals surface area contributed by atoms with Crippen LogP contribution in [0.4, 0.5) is 5.69 Å². The van der Waals surface area contributed by atoms with Crippen molar-refractivity contribution in [2.75, 3.05) is 18.2 Å². The van der Waals surface area contributed by atoms with E-state index in [1.165, 1.54) is 5.56 Å². The molecule has 1 heterocycles. The highest BCUT2D eigenvalue weighted by atomic mass is 32.2. The number of ether oxygens (including phenoxy) is 1. The molecular formula is C16H16N2OS.